The molecule has 0 aliphatic heterocycles. The lowest BCUT2D eigenvalue weighted by molar-refractivity contribution is 0.0932. The predicted molar refractivity (Wildman–Crippen MR) is 77.8 cm³/mol. The van der Waals surface area contributed by atoms with Crippen molar-refractivity contribution in [1.29, 1.82) is 0 Å². The van der Waals surface area contributed by atoms with Gasteiger partial charge in [0, 0.05) is 16.1 Å². The van der Waals surface area contributed by atoms with E-state index in [-0.39, 0.29) is 5.91 Å². The number of carbonyl (C=O) groups is 1. The number of benzene rings is 1. The highest BCUT2D eigenvalue weighted by atomic mass is 79.9. The fourth-order valence-corrected chi connectivity index (χ4v) is 2.38. The highest BCUT2D eigenvalue weighted by Crippen LogP contribution is 2.34. The van der Waals surface area contributed by atoms with Crippen LogP contribution in [-0.2, 0) is 0 Å². The average molecular weight is 310 g/mol. The number of hydrogen-bond donors (Lipinski definition) is 1. The van der Waals surface area contributed by atoms with Gasteiger partial charge in [0.1, 0.15) is 0 Å². The number of halogens is 1. The minimum Gasteiger partial charge on any atom is -0.349 e. The van der Waals surface area contributed by atoms with Gasteiger partial charge in [-0.15, -0.1) is 0 Å². The van der Waals surface area contributed by atoms with Gasteiger partial charge in [-0.3, -0.25) is 4.79 Å². The molecule has 0 radical (unpaired) electrons. The second-order valence-electron chi connectivity index (χ2n) is 5.22. The molecule has 0 spiro atoms. The summed E-state index contributed by atoms with van der Waals surface area (Å²) in [5.74, 6) is 0.903. The SMILES string of the molecule is CCC(CC1CC1)NC(=O)c1ccc(Br)c(C)c1. The largest absolute Gasteiger partial charge is 0.349 e. The van der Waals surface area contributed by atoms with E-state index in [1.165, 1.54) is 12.8 Å². The van der Waals surface area contributed by atoms with Crippen LogP contribution < -0.4 is 5.32 Å². The van der Waals surface area contributed by atoms with Gasteiger partial charge in [-0.25, -0.2) is 0 Å². The monoisotopic (exact) mass is 309 g/mol. The molecular formula is C15H20BrNO. The van der Waals surface area contributed by atoms with Crippen LogP contribution in [0.15, 0.2) is 22.7 Å². The summed E-state index contributed by atoms with van der Waals surface area (Å²) in [5.41, 5.74) is 1.85. The minimum atomic E-state index is 0.0538. The van der Waals surface area contributed by atoms with E-state index < -0.39 is 0 Å². The van der Waals surface area contributed by atoms with E-state index in [1.807, 2.05) is 25.1 Å². The lowest BCUT2D eigenvalue weighted by Crippen LogP contribution is -2.34. The van der Waals surface area contributed by atoms with Crippen molar-refractivity contribution >= 4 is 21.8 Å². The third-order valence-corrected chi connectivity index (χ3v) is 4.45. The Kier molecular flexibility index (Phi) is 4.44. The van der Waals surface area contributed by atoms with Crippen LogP contribution in [0.25, 0.3) is 0 Å². The van der Waals surface area contributed by atoms with Crippen molar-refractivity contribution in [2.24, 2.45) is 5.92 Å². The molecule has 1 aromatic carbocycles. The van der Waals surface area contributed by atoms with Gasteiger partial charge in [-0.2, -0.15) is 0 Å². The molecule has 1 aliphatic carbocycles. The lowest BCUT2D eigenvalue weighted by Gasteiger charge is -2.17. The quantitative estimate of drug-likeness (QED) is 0.873. The van der Waals surface area contributed by atoms with Gasteiger partial charge in [-0.1, -0.05) is 35.7 Å². The van der Waals surface area contributed by atoms with Crippen molar-refractivity contribution in [2.45, 2.75) is 45.6 Å². The first-order valence-corrected chi connectivity index (χ1v) is 7.46. The molecule has 1 N–H and O–H groups in total. The Balaban J connectivity index is 1.98. The van der Waals surface area contributed by atoms with E-state index in [0.717, 1.165) is 34.4 Å². The van der Waals surface area contributed by atoms with E-state index in [1.54, 1.807) is 0 Å². The van der Waals surface area contributed by atoms with Crippen LogP contribution in [0.2, 0.25) is 0 Å². The van der Waals surface area contributed by atoms with Crippen molar-refractivity contribution in [2.75, 3.05) is 0 Å². The Bertz CT molecular complexity index is 440. The average Bonchev–Trinajstić information content (AvgIpc) is 3.15. The molecule has 1 fully saturated rings. The maximum absolute atomic E-state index is 12.2. The molecule has 2 nitrogen and oxygen atoms in total. The van der Waals surface area contributed by atoms with Crippen molar-refractivity contribution in [1.82, 2.24) is 5.32 Å². The second-order valence-corrected chi connectivity index (χ2v) is 6.08. The zero-order valence-electron chi connectivity index (χ0n) is 11.0. The van der Waals surface area contributed by atoms with Gasteiger partial charge < -0.3 is 5.32 Å². The minimum absolute atomic E-state index is 0.0538. The molecule has 0 aromatic heterocycles. The first-order chi connectivity index (χ1) is 8.60. The Morgan fingerprint density at radius 2 is 2.22 bits per heavy atom. The lowest BCUT2D eigenvalue weighted by atomic mass is 10.1. The Hall–Kier alpha value is -0.830. The highest BCUT2D eigenvalue weighted by molar-refractivity contribution is 9.10. The summed E-state index contributed by atoms with van der Waals surface area (Å²) in [4.78, 5) is 12.2. The first-order valence-electron chi connectivity index (χ1n) is 6.67. The summed E-state index contributed by atoms with van der Waals surface area (Å²) < 4.78 is 1.05. The fourth-order valence-electron chi connectivity index (χ4n) is 2.14. The van der Waals surface area contributed by atoms with Gasteiger partial charge in [0.15, 0.2) is 0 Å². The molecule has 1 aromatic rings. The number of nitrogens with one attached hydrogen (secondary N) is 1. The van der Waals surface area contributed by atoms with Crippen molar-refractivity contribution < 1.29 is 4.79 Å². The van der Waals surface area contributed by atoms with Crippen LogP contribution in [0.5, 0.6) is 0 Å². The van der Waals surface area contributed by atoms with Crippen LogP contribution in [0, 0.1) is 12.8 Å². The molecule has 2 rings (SSSR count). The fraction of sp³-hybridized carbons (Fsp3) is 0.533. The zero-order chi connectivity index (χ0) is 13.1. The van der Waals surface area contributed by atoms with Gasteiger partial charge in [0.2, 0.25) is 0 Å². The Morgan fingerprint density at radius 3 is 2.78 bits per heavy atom. The van der Waals surface area contributed by atoms with Gasteiger partial charge >= 0.3 is 0 Å². The van der Waals surface area contributed by atoms with Crippen LogP contribution in [0.3, 0.4) is 0 Å². The number of carbonyl (C=O) groups excluding carboxylic acids is 1. The molecule has 98 valence electrons. The molecule has 1 amide bonds. The Morgan fingerprint density at radius 1 is 1.50 bits per heavy atom. The van der Waals surface area contributed by atoms with Crippen LogP contribution >= 0.6 is 15.9 Å². The Labute approximate surface area is 117 Å². The molecule has 0 bridgehead atoms. The van der Waals surface area contributed by atoms with Gasteiger partial charge in [0.25, 0.3) is 5.91 Å². The molecule has 0 saturated heterocycles. The molecular weight excluding hydrogens is 290 g/mol. The molecule has 1 atom stereocenters. The number of amides is 1. The van der Waals surface area contributed by atoms with E-state index in [4.69, 9.17) is 0 Å². The predicted octanol–water partition coefficient (Wildman–Crippen LogP) is 4.07. The summed E-state index contributed by atoms with van der Waals surface area (Å²) in [6.07, 6.45) is 4.82. The van der Waals surface area contributed by atoms with Crippen LogP contribution in [0.4, 0.5) is 0 Å². The molecule has 3 heteroatoms. The van der Waals surface area contributed by atoms with E-state index in [2.05, 4.69) is 28.2 Å². The van der Waals surface area contributed by atoms with E-state index in [9.17, 15) is 4.79 Å². The van der Waals surface area contributed by atoms with Gasteiger partial charge in [-0.05, 0) is 49.4 Å². The highest BCUT2D eigenvalue weighted by Gasteiger charge is 2.25. The molecule has 1 unspecified atom stereocenters. The summed E-state index contributed by atoms with van der Waals surface area (Å²) >= 11 is 3.45. The molecule has 1 aliphatic rings. The van der Waals surface area contributed by atoms with E-state index in [0.29, 0.717) is 6.04 Å². The normalized spacial score (nSPS) is 16.4. The summed E-state index contributed by atoms with van der Waals surface area (Å²) in [5, 5.41) is 3.15. The summed E-state index contributed by atoms with van der Waals surface area (Å²) in [7, 11) is 0. The molecule has 1 saturated carbocycles. The molecule has 18 heavy (non-hydrogen) atoms. The summed E-state index contributed by atoms with van der Waals surface area (Å²) in [6, 6.07) is 6.07. The smallest absolute Gasteiger partial charge is 0.251 e. The van der Waals surface area contributed by atoms with Crippen molar-refractivity contribution in [3.05, 3.63) is 33.8 Å². The maximum Gasteiger partial charge on any atom is 0.251 e. The number of aryl methyl sites for hydroxylation is 1. The van der Waals surface area contributed by atoms with Crippen LogP contribution in [0.1, 0.15) is 48.5 Å². The first kappa shape index (κ1) is 13.6. The topological polar surface area (TPSA) is 29.1 Å². The second kappa shape index (κ2) is 5.87. The number of hydrogen-bond acceptors (Lipinski definition) is 1. The van der Waals surface area contributed by atoms with E-state index >= 15 is 0 Å². The number of rotatable bonds is 5. The maximum atomic E-state index is 12.2. The third kappa shape index (κ3) is 3.58. The standard InChI is InChI=1S/C15H20BrNO/c1-3-13(9-11-4-5-11)17-15(18)12-6-7-14(16)10(2)8-12/h6-8,11,13H,3-5,9H2,1-2H3,(H,17,18). The van der Waals surface area contributed by atoms with Crippen molar-refractivity contribution in [3.63, 3.8) is 0 Å². The van der Waals surface area contributed by atoms with Gasteiger partial charge in [0.05, 0.1) is 0 Å². The van der Waals surface area contributed by atoms with Crippen LogP contribution in [-0.4, -0.2) is 11.9 Å². The third-order valence-electron chi connectivity index (χ3n) is 3.56. The molecule has 0 heterocycles. The van der Waals surface area contributed by atoms with Crippen molar-refractivity contribution in [3.8, 4) is 0 Å². The zero-order valence-corrected chi connectivity index (χ0v) is 12.6. The summed E-state index contributed by atoms with van der Waals surface area (Å²) in [6.45, 7) is 4.14.